The van der Waals surface area contributed by atoms with Crippen LogP contribution in [0.2, 0.25) is 0 Å². The maximum absolute atomic E-state index is 14.1. The summed E-state index contributed by atoms with van der Waals surface area (Å²) in [5.74, 6) is -0.135. The molecule has 3 N–H and O–H groups in total. The van der Waals surface area contributed by atoms with Gasteiger partial charge in [0.15, 0.2) is 6.10 Å². The third kappa shape index (κ3) is 5.97. The van der Waals surface area contributed by atoms with Crippen molar-refractivity contribution in [3.05, 3.63) is 59.3 Å². The number of hydrogen-bond donors (Lipinski definition) is 3. The van der Waals surface area contributed by atoms with Crippen LogP contribution in [-0.4, -0.2) is 94.3 Å². The lowest BCUT2D eigenvalue weighted by Gasteiger charge is -2.45. The number of carbonyl (C=O) groups is 3. The second-order valence-electron chi connectivity index (χ2n) is 13.2. The van der Waals surface area contributed by atoms with Crippen molar-refractivity contribution in [3.8, 4) is 0 Å². The molecule has 4 amide bonds. The summed E-state index contributed by atoms with van der Waals surface area (Å²) < 4.78 is 6.11. The first kappa shape index (κ1) is 29.6. The van der Waals surface area contributed by atoms with E-state index in [1.165, 1.54) is 32.1 Å². The van der Waals surface area contributed by atoms with Crippen molar-refractivity contribution in [1.82, 2.24) is 30.2 Å². The number of piperazine rings is 1. The van der Waals surface area contributed by atoms with Gasteiger partial charge in [-0.2, -0.15) is 5.10 Å². The largest absolute Gasteiger partial charge is 0.436 e. The maximum Gasteiger partial charge on any atom is 0.410 e. The number of benzene rings is 2. The zero-order chi connectivity index (χ0) is 31.0. The van der Waals surface area contributed by atoms with Crippen LogP contribution in [0.5, 0.6) is 0 Å². The van der Waals surface area contributed by atoms with Crippen molar-refractivity contribution in [2.75, 3.05) is 44.6 Å². The van der Waals surface area contributed by atoms with Gasteiger partial charge in [0.2, 0.25) is 0 Å². The highest BCUT2D eigenvalue weighted by molar-refractivity contribution is 5.94. The van der Waals surface area contributed by atoms with E-state index >= 15 is 0 Å². The number of aryl methyl sites for hydroxylation is 1. The SMILES string of the molecule is Cc1cc(CC(OC(=O)N2CCC3(CC2)NC(=O)Nc2ccccc23)C(=O)N2CCN(C3CCCCC3)CC2)cc2cn[nH]c12. The Bertz CT molecular complexity index is 1570. The van der Waals surface area contributed by atoms with Gasteiger partial charge in [0.1, 0.15) is 0 Å². The Hall–Kier alpha value is -4.12. The van der Waals surface area contributed by atoms with E-state index in [0.717, 1.165) is 46.4 Å². The average molecular weight is 614 g/mol. The highest BCUT2D eigenvalue weighted by atomic mass is 16.6. The average Bonchev–Trinajstić information content (AvgIpc) is 3.54. The molecular formula is C34H43N7O4. The first-order chi connectivity index (χ1) is 21.9. The number of nitrogens with zero attached hydrogens (tertiary/aromatic N) is 4. The molecule has 1 saturated carbocycles. The predicted octanol–water partition coefficient (Wildman–Crippen LogP) is 4.52. The van der Waals surface area contributed by atoms with Crippen LogP contribution in [0.3, 0.4) is 0 Å². The summed E-state index contributed by atoms with van der Waals surface area (Å²) in [5.41, 5.74) is 4.22. The predicted molar refractivity (Wildman–Crippen MR) is 171 cm³/mol. The molecule has 2 saturated heterocycles. The van der Waals surface area contributed by atoms with Gasteiger partial charge in [-0.3, -0.25) is 14.8 Å². The van der Waals surface area contributed by atoms with Crippen LogP contribution in [0.25, 0.3) is 10.9 Å². The van der Waals surface area contributed by atoms with Gasteiger partial charge >= 0.3 is 12.1 Å². The first-order valence-electron chi connectivity index (χ1n) is 16.5. The fourth-order valence-corrected chi connectivity index (χ4v) is 7.89. The second kappa shape index (κ2) is 12.3. The zero-order valence-corrected chi connectivity index (χ0v) is 26.0. The first-order valence-corrected chi connectivity index (χ1v) is 16.5. The molecule has 238 valence electrons. The second-order valence-corrected chi connectivity index (χ2v) is 13.2. The number of aromatic amines is 1. The van der Waals surface area contributed by atoms with Crippen LogP contribution in [0.15, 0.2) is 42.6 Å². The van der Waals surface area contributed by atoms with Crippen LogP contribution in [0.4, 0.5) is 15.3 Å². The summed E-state index contributed by atoms with van der Waals surface area (Å²) >= 11 is 0. The number of para-hydroxylation sites is 1. The maximum atomic E-state index is 14.1. The lowest BCUT2D eigenvalue weighted by Crippen LogP contribution is -2.58. The molecule has 3 aromatic rings. The summed E-state index contributed by atoms with van der Waals surface area (Å²) in [7, 11) is 0. The van der Waals surface area contributed by atoms with E-state index in [4.69, 9.17) is 4.74 Å². The van der Waals surface area contributed by atoms with E-state index in [9.17, 15) is 14.4 Å². The number of hydrogen-bond acceptors (Lipinski definition) is 6. The Kier molecular flexibility index (Phi) is 8.12. The summed E-state index contributed by atoms with van der Waals surface area (Å²) in [6.45, 7) is 5.83. The van der Waals surface area contributed by atoms with Crippen molar-refractivity contribution >= 4 is 34.6 Å². The lowest BCUT2D eigenvalue weighted by atomic mass is 9.79. The van der Waals surface area contributed by atoms with E-state index in [1.807, 2.05) is 48.2 Å². The minimum absolute atomic E-state index is 0.135. The van der Waals surface area contributed by atoms with Crippen molar-refractivity contribution in [2.45, 2.75) is 76.0 Å². The highest BCUT2D eigenvalue weighted by Gasteiger charge is 2.43. The van der Waals surface area contributed by atoms with Gasteiger partial charge in [-0.1, -0.05) is 43.5 Å². The highest BCUT2D eigenvalue weighted by Crippen LogP contribution is 2.39. The smallest absolute Gasteiger partial charge is 0.410 e. The number of rotatable bonds is 5. The molecule has 4 heterocycles. The number of piperidine rings is 1. The number of amides is 4. The van der Waals surface area contributed by atoms with E-state index in [-0.39, 0.29) is 11.9 Å². The number of carbonyl (C=O) groups excluding carboxylic acids is 3. The van der Waals surface area contributed by atoms with Gasteiger partial charge in [0.25, 0.3) is 5.91 Å². The molecule has 1 aliphatic carbocycles. The monoisotopic (exact) mass is 613 g/mol. The summed E-state index contributed by atoms with van der Waals surface area (Å²) in [6.07, 6.45) is 8.16. The quantitative estimate of drug-likeness (QED) is 0.389. The molecule has 1 aromatic heterocycles. The molecular weight excluding hydrogens is 570 g/mol. The zero-order valence-electron chi connectivity index (χ0n) is 26.0. The number of fused-ring (bicyclic) bond motifs is 3. The molecule has 2 aromatic carbocycles. The number of H-pyrrole nitrogens is 1. The van der Waals surface area contributed by atoms with Gasteiger partial charge in [-0.25, -0.2) is 9.59 Å². The fourth-order valence-electron chi connectivity index (χ4n) is 7.89. The van der Waals surface area contributed by atoms with E-state index in [1.54, 1.807) is 11.1 Å². The Labute approximate surface area is 263 Å². The Morgan fingerprint density at radius 1 is 1.00 bits per heavy atom. The van der Waals surface area contributed by atoms with E-state index in [2.05, 4.69) is 25.7 Å². The molecule has 1 spiro atoms. The Morgan fingerprint density at radius 2 is 1.76 bits per heavy atom. The number of likely N-dealkylation sites (tertiary alicyclic amines) is 1. The molecule has 3 fully saturated rings. The number of urea groups is 1. The molecule has 3 aliphatic heterocycles. The Morgan fingerprint density at radius 3 is 2.53 bits per heavy atom. The van der Waals surface area contributed by atoms with E-state index in [0.29, 0.717) is 51.5 Å². The van der Waals surface area contributed by atoms with Gasteiger partial charge in [-0.05, 0) is 55.9 Å². The number of nitrogens with one attached hydrogen (secondary N) is 3. The van der Waals surface area contributed by atoms with E-state index < -0.39 is 17.7 Å². The molecule has 4 aliphatic rings. The Balaban J connectivity index is 1.05. The van der Waals surface area contributed by atoms with Crippen LogP contribution in [-0.2, 0) is 21.5 Å². The number of ether oxygens (including phenoxy) is 1. The third-order valence-corrected chi connectivity index (χ3v) is 10.4. The van der Waals surface area contributed by atoms with Crippen LogP contribution in [0, 0.1) is 6.92 Å². The van der Waals surface area contributed by atoms with Crippen LogP contribution in [0.1, 0.15) is 61.6 Å². The molecule has 0 radical (unpaired) electrons. The standard InChI is InChI=1S/C34H43N7O4/c1-23-19-24(20-25-22-35-38-30(23)25)21-29(31(42)40-17-15-39(16-18-40)26-7-3-2-4-8-26)45-33(44)41-13-11-34(12-14-41)27-9-5-6-10-28(27)36-32(43)37-34/h5-6,9-10,19-20,22,26,29H,2-4,7-8,11-18,21H2,1H3,(H,35,38)(H2,36,37,43). The van der Waals surface area contributed by atoms with Crippen molar-refractivity contribution < 1.29 is 19.1 Å². The molecule has 1 unspecified atom stereocenters. The van der Waals surface area contributed by atoms with Gasteiger partial charge in [0, 0.05) is 68.4 Å². The van der Waals surface area contributed by atoms with Crippen LogP contribution >= 0.6 is 0 Å². The molecule has 7 rings (SSSR count). The van der Waals surface area contributed by atoms with Crippen molar-refractivity contribution in [3.63, 3.8) is 0 Å². The molecule has 1 atom stereocenters. The number of aromatic nitrogens is 2. The normalized spacial score (nSPS) is 21.2. The molecule has 11 heteroatoms. The lowest BCUT2D eigenvalue weighted by molar-refractivity contribution is -0.143. The fraction of sp³-hybridized carbons (Fsp3) is 0.529. The van der Waals surface area contributed by atoms with Gasteiger partial charge < -0.3 is 25.2 Å². The summed E-state index contributed by atoms with van der Waals surface area (Å²) in [6, 6.07) is 12.2. The molecule has 0 bridgehead atoms. The molecule has 11 nitrogen and oxygen atoms in total. The summed E-state index contributed by atoms with van der Waals surface area (Å²) in [5, 5.41) is 14.2. The van der Waals surface area contributed by atoms with Crippen LogP contribution < -0.4 is 10.6 Å². The minimum atomic E-state index is -0.933. The minimum Gasteiger partial charge on any atom is -0.436 e. The van der Waals surface area contributed by atoms with Crippen molar-refractivity contribution in [1.29, 1.82) is 0 Å². The van der Waals surface area contributed by atoms with Crippen molar-refractivity contribution in [2.24, 2.45) is 0 Å². The molecule has 45 heavy (non-hydrogen) atoms. The topological polar surface area (TPSA) is 123 Å². The summed E-state index contributed by atoms with van der Waals surface area (Å²) in [4.78, 5) is 46.3. The van der Waals surface area contributed by atoms with Gasteiger partial charge in [-0.15, -0.1) is 0 Å². The number of anilines is 1. The third-order valence-electron chi connectivity index (χ3n) is 10.4. The van der Waals surface area contributed by atoms with Gasteiger partial charge in [0.05, 0.1) is 17.3 Å².